The Morgan fingerprint density at radius 3 is 3.06 bits per heavy atom. The van der Waals surface area contributed by atoms with Gasteiger partial charge in [0.05, 0.1) is 0 Å². The van der Waals surface area contributed by atoms with Crippen molar-refractivity contribution in [2.75, 3.05) is 26.7 Å². The Balaban J connectivity index is 2.04. The molecule has 4 nitrogen and oxygen atoms in total. The van der Waals surface area contributed by atoms with Crippen molar-refractivity contribution in [2.45, 2.75) is 19.5 Å². The fourth-order valence-corrected chi connectivity index (χ4v) is 2.18. The highest BCUT2D eigenvalue weighted by Crippen LogP contribution is 2.13. The number of nitrogens with zero attached hydrogens (tertiary/aromatic N) is 4. The highest BCUT2D eigenvalue weighted by molar-refractivity contribution is 5.30. The van der Waals surface area contributed by atoms with Gasteiger partial charge in [0.1, 0.15) is 11.8 Å². The van der Waals surface area contributed by atoms with Crippen molar-refractivity contribution in [1.29, 1.82) is 5.26 Å². The topological polar surface area (TPSA) is 43.2 Å². The highest BCUT2D eigenvalue weighted by atomic mass is 15.3. The molecular formula is C13H18N4. The van der Waals surface area contributed by atoms with E-state index in [1.54, 1.807) is 6.20 Å². The molecule has 90 valence electrons. The minimum atomic E-state index is 0.555. The van der Waals surface area contributed by atoms with E-state index < -0.39 is 0 Å². The number of likely N-dealkylation sites (N-methyl/N-ethyl adjacent to an activating group) is 1. The molecule has 0 aliphatic carbocycles. The predicted molar refractivity (Wildman–Crippen MR) is 66.3 cm³/mol. The molecule has 2 heterocycles. The standard InChI is InChI=1S/C13H18N4/c1-11-9-17(7-6-16(11)2)10-12-4-3-5-15-13(12)8-14/h3-5,11H,6-7,9-10H2,1-2H3. The molecule has 1 fully saturated rings. The molecule has 0 aromatic carbocycles. The van der Waals surface area contributed by atoms with Gasteiger partial charge >= 0.3 is 0 Å². The highest BCUT2D eigenvalue weighted by Gasteiger charge is 2.21. The van der Waals surface area contributed by atoms with Crippen LogP contribution in [0.2, 0.25) is 0 Å². The van der Waals surface area contributed by atoms with Crippen molar-refractivity contribution in [3.8, 4) is 6.07 Å². The van der Waals surface area contributed by atoms with E-state index in [9.17, 15) is 0 Å². The number of nitriles is 1. The lowest BCUT2D eigenvalue weighted by molar-refractivity contribution is 0.0998. The van der Waals surface area contributed by atoms with E-state index in [-0.39, 0.29) is 0 Å². The summed E-state index contributed by atoms with van der Waals surface area (Å²) in [5, 5.41) is 9.00. The summed E-state index contributed by atoms with van der Waals surface area (Å²) >= 11 is 0. The molecule has 1 unspecified atom stereocenters. The maximum atomic E-state index is 9.00. The van der Waals surface area contributed by atoms with E-state index in [1.165, 1.54) is 0 Å². The van der Waals surface area contributed by atoms with Gasteiger partial charge in [-0.05, 0) is 20.0 Å². The van der Waals surface area contributed by atoms with Crippen molar-refractivity contribution >= 4 is 0 Å². The van der Waals surface area contributed by atoms with E-state index >= 15 is 0 Å². The van der Waals surface area contributed by atoms with E-state index in [1.807, 2.05) is 12.1 Å². The Morgan fingerprint density at radius 1 is 1.53 bits per heavy atom. The molecule has 1 aliphatic rings. The van der Waals surface area contributed by atoms with Gasteiger partial charge < -0.3 is 4.90 Å². The summed E-state index contributed by atoms with van der Waals surface area (Å²) in [5.74, 6) is 0. The molecule has 1 saturated heterocycles. The van der Waals surface area contributed by atoms with E-state index in [2.05, 4.69) is 34.8 Å². The van der Waals surface area contributed by atoms with Crippen molar-refractivity contribution < 1.29 is 0 Å². The first kappa shape index (κ1) is 12.0. The third kappa shape index (κ3) is 2.82. The lowest BCUT2D eigenvalue weighted by atomic mass is 10.1. The summed E-state index contributed by atoms with van der Waals surface area (Å²) in [4.78, 5) is 8.86. The minimum Gasteiger partial charge on any atom is -0.301 e. The second-order valence-electron chi connectivity index (χ2n) is 4.69. The second kappa shape index (κ2) is 5.26. The zero-order chi connectivity index (χ0) is 12.3. The molecule has 4 heteroatoms. The lowest BCUT2D eigenvalue weighted by Gasteiger charge is -2.37. The van der Waals surface area contributed by atoms with Crippen molar-refractivity contribution in [2.24, 2.45) is 0 Å². The molecule has 0 amide bonds. The Hall–Kier alpha value is -1.44. The number of piperazine rings is 1. The molecule has 17 heavy (non-hydrogen) atoms. The van der Waals surface area contributed by atoms with Crippen LogP contribution in [0.1, 0.15) is 18.2 Å². The van der Waals surface area contributed by atoms with Gasteiger partial charge in [-0.15, -0.1) is 0 Å². The van der Waals surface area contributed by atoms with Crippen LogP contribution in [0, 0.1) is 11.3 Å². The molecule has 1 aromatic heterocycles. The summed E-state index contributed by atoms with van der Waals surface area (Å²) in [6, 6.07) is 6.62. The Morgan fingerprint density at radius 2 is 2.35 bits per heavy atom. The van der Waals surface area contributed by atoms with Crippen molar-refractivity contribution in [3.63, 3.8) is 0 Å². The molecule has 0 saturated carbocycles. The molecule has 0 bridgehead atoms. The zero-order valence-corrected chi connectivity index (χ0v) is 10.4. The maximum absolute atomic E-state index is 9.00. The first-order valence-corrected chi connectivity index (χ1v) is 5.97. The van der Waals surface area contributed by atoms with E-state index in [0.717, 1.165) is 31.7 Å². The van der Waals surface area contributed by atoms with Gasteiger partial charge in [-0.25, -0.2) is 4.98 Å². The summed E-state index contributed by atoms with van der Waals surface area (Å²) < 4.78 is 0. The van der Waals surface area contributed by atoms with E-state index in [0.29, 0.717) is 11.7 Å². The quantitative estimate of drug-likeness (QED) is 0.763. The maximum Gasteiger partial charge on any atom is 0.144 e. The molecule has 1 aliphatic heterocycles. The Kier molecular flexibility index (Phi) is 3.72. The molecule has 1 atom stereocenters. The Bertz CT molecular complexity index is 424. The van der Waals surface area contributed by atoms with E-state index in [4.69, 9.17) is 5.26 Å². The molecule has 0 N–H and O–H groups in total. The first-order valence-electron chi connectivity index (χ1n) is 5.97. The van der Waals surface area contributed by atoms with Gasteiger partial charge in [-0.3, -0.25) is 4.90 Å². The van der Waals surface area contributed by atoms with Gasteiger partial charge in [0, 0.05) is 44.0 Å². The molecular weight excluding hydrogens is 212 g/mol. The summed E-state index contributed by atoms with van der Waals surface area (Å²) in [6.45, 7) is 6.26. The smallest absolute Gasteiger partial charge is 0.144 e. The Labute approximate surface area is 102 Å². The van der Waals surface area contributed by atoms with Crippen LogP contribution >= 0.6 is 0 Å². The van der Waals surface area contributed by atoms with Crippen LogP contribution < -0.4 is 0 Å². The van der Waals surface area contributed by atoms with Gasteiger partial charge in [-0.2, -0.15) is 5.26 Å². The largest absolute Gasteiger partial charge is 0.301 e. The van der Waals surface area contributed by atoms with Crippen LogP contribution in [-0.4, -0.2) is 47.5 Å². The third-order valence-corrected chi connectivity index (χ3v) is 3.43. The van der Waals surface area contributed by atoms with Gasteiger partial charge in [0.15, 0.2) is 0 Å². The molecule has 2 rings (SSSR count). The number of aromatic nitrogens is 1. The fraction of sp³-hybridized carbons (Fsp3) is 0.538. The van der Waals surface area contributed by atoms with Gasteiger partial charge in [0.2, 0.25) is 0 Å². The molecule has 1 aromatic rings. The average Bonchev–Trinajstić information content (AvgIpc) is 2.34. The van der Waals surface area contributed by atoms with Crippen molar-refractivity contribution in [3.05, 3.63) is 29.6 Å². The SMILES string of the molecule is CC1CN(Cc2cccnc2C#N)CCN1C. The van der Waals surface area contributed by atoms with Crippen molar-refractivity contribution in [1.82, 2.24) is 14.8 Å². The summed E-state index contributed by atoms with van der Waals surface area (Å²) in [5.41, 5.74) is 1.59. The average molecular weight is 230 g/mol. The first-order chi connectivity index (χ1) is 8.20. The van der Waals surface area contributed by atoms with Crippen LogP contribution in [0.3, 0.4) is 0 Å². The molecule has 0 spiro atoms. The predicted octanol–water partition coefficient (Wildman–Crippen LogP) is 1.09. The summed E-state index contributed by atoms with van der Waals surface area (Å²) in [6.07, 6.45) is 1.68. The number of hydrogen-bond donors (Lipinski definition) is 0. The second-order valence-corrected chi connectivity index (χ2v) is 4.69. The van der Waals surface area contributed by atoms with Crippen LogP contribution in [-0.2, 0) is 6.54 Å². The van der Waals surface area contributed by atoms with Crippen LogP contribution in [0.25, 0.3) is 0 Å². The zero-order valence-electron chi connectivity index (χ0n) is 10.4. The minimum absolute atomic E-state index is 0.555. The lowest BCUT2D eigenvalue weighted by Crippen LogP contribution is -2.49. The number of hydrogen-bond acceptors (Lipinski definition) is 4. The van der Waals surface area contributed by atoms with Crippen LogP contribution in [0.4, 0.5) is 0 Å². The van der Waals surface area contributed by atoms with Crippen LogP contribution in [0.5, 0.6) is 0 Å². The molecule has 0 radical (unpaired) electrons. The number of pyridine rings is 1. The third-order valence-electron chi connectivity index (χ3n) is 3.43. The van der Waals surface area contributed by atoms with Gasteiger partial charge in [-0.1, -0.05) is 6.07 Å². The normalized spacial score (nSPS) is 22.3. The fourth-order valence-electron chi connectivity index (χ4n) is 2.18. The number of rotatable bonds is 2. The van der Waals surface area contributed by atoms with Gasteiger partial charge in [0.25, 0.3) is 0 Å². The summed E-state index contributed by atoms with van der Waals surface area (Å²) in [7, 11) is 2.16. The monoisotopic (exact) mass is 230 g/mol. The van der Waals surface area contributed by atoms with Crippen LogP contribution in [0.15, 0.2) is 18.3 Å².